The molecule has 17 heavy (non-hydrogen) atoms. The van der Waals surface area contributed by atoms with Crippen molar-refractivity contribution in [1.29, 1.82) is 0 Å². The maximum atomic E-state index is 5.73. The molecule has 1 heterocycles. The molecule has 5 heteroatoms. The van der Waals surface area contributed by atoms with Crippen molar-refractivity contribution in [1.82, 2.24) is 4.98 Å². The molecule has 0 saturated heterocycles. The normalized spacial score (nSPS) is 10.5. The van der Waals surface area contributed by atoms with E-state index in [1.807, 2.05) is 24.3 Å². The number of aromatic nitrogens is 1. The first-order valence-electron chi connectivity index (χ1n) is 5.09. The summed E-state index contributed by atoms with van der Waals surface area (Å²) in [5.41, 5.74) is 1.11. The summed E-state index contributed by atoms with van der Waals surface area (Å²) >= 11 is 7.17. The molecule has 0 aliphatic rings. The van der Waals surface area contributed by atoms with E-state index < -0.39 is 0 Å². The fourth-order valence-corrected chi connectivity index (χ4v) is 2.26. The van der Waals surface area contributed by atoms with Gasteiger partial charge in [0.2, 0.25) is 0 Å². The van der Waals surface area contributed by atoms with Crippen molar-refractivity contribution >= 4 is 22.9 Å². The van der Waals surface area contributed by atoms with Crippen LogP contribution in [0.1, 0.15) is 10.4 Å². The zero-order valence-corrected chi connectivity index (χ0v) is 10.9. The Bertz CT molecular complexity index is 470. The molecule has 2 rings (SSSR count). The quantitative estimate of drug-likeness (QED) is 0.832. The third-order valence-electron chi connectivity index (χ3n) is 2.20. The van der Waals surface area contributed by atoms with Crippen LogP contribution >= 0.6 is 22.9 Å². The number of ether oxygens (including phenoxy) is 2. The molecule has 0 saturated carbocycles. The van der Waals surface area contributed by atoms with Crippen molar-refractivity contribution in [3.8, 4) is 5.75 Å². The highest BCUT2D eigenvalue weighted by Gasteiger charge is 2.00. The van der Waals surface area contributed by atoms with Gasteiger partial charge in [-0.05, 0) is 17.7 Å². The molecule has 90 valence electrons. The van der Waals surface area contributed by atoms with Gasteiger partial charge in [0.05, 0.1) is 25.2 Å². The van der Waals surface area contributed by atoms with Crippen LogP contribution in [0.3, 0.4) is 0 Å². The van der Waals surface area contributed by atoms with Gasteiger partial charge in [-0.25, -0.2) is 4.98 Å². The van der Waals surface area contributed by atoms with E-state index in [0.717, 1.165) is 16.2 Å². The highest BCUT2D eigenvalue weighted by atomic mass is 35.5. The Hall–Kier alpha value is -1.10. The monoisotopic (exact) mass is 269 g/mol. The van der Waals surface area contributed by atoms with Crippen LogP contribution in [0.25, 0.3) is 0 Å². The van der Waals surface area contributed by atoms with E-state index in [4.69, 9.17) is 21.1 Å². The van der Waals surface area contributed by atoms with Crippen LogP contribution in [0, 0.1) is 0 Å². The molecule has 1 aromatic carbocycles. The van der Waals surface area contributed by atoms with Gasteiger partial charge in [0, 0.05) is 6.20 Å². The molecule has 0 atom stereocenters. The van der Waals surface area contributed by atoms with E-state index in [1.165, 1.54) is 11.3 Å². The Labute approximate surface area is 109 Å². The number of hydrogen-bond donors (Lipinski definition) is 0. The first-order chi connectivity index (χ1) is 8.28. The second-order valence-corrected chi connectivity index (χ2v) is 5.12. The molecular formula is C12H12ClNO2S. The van der Waals surface area contributed by atoms with Gasteiger partial charge in [0.15, 0.2) is 4.47 Å². The number of nitrogens with zero attached hydrogens (tertiary/aromatic N) is 1. The van der Waals surface area contributed by atoms with Gasteiger partial charge in [-0.2, -0.15) is 0 Å². The van der Waals surface area contributed by atoms with E-state index in [2.05, 4.69) is 4.98 Å². The van der Waals surface area contributed by atoms with Crippen molar-refractivity contribution in [2.24, 2.45) is 0 Å². The van der Waals surface area contributed by atoms with E-state index in [1.54, 1.807) is 13.3 Å². The minimum Gasteiger partial charge on any atom is -0.497 e. The lowest BCUT2D eigenvalue weighted by Crippen LogP contribution is -1.92. The third-order valence-corrected chi connectivity index (χ3v) is 3.29. The maximum absolute atomic E-state index is 5.73. The van der Waals surface area contributed by atoms with Crippen molar-refractivity contribution in [2.75, 3.05) is 7.11 Å². The molecule has 0 fully saturated rings. The molecule has 1 aromatic heterocycles. The van der Waals surface area contributed by atoms with Crippen LogP contribution in [-0.4, -0.2) is 12.1 Å². The summed E-state index contributed by atoms with van der Waals surface area (Å²) in [6, 6.07) is 7.81. The molecule has 0 amide bonds. The molecule has 3 nitrogen and oxygen atoms in total. The standard InChI is InChI=1S/C12H12ClNO2S/c1-15-10-4-2-9(3-5-10)7-16-8-11-6-14-12(13)17-11/h2-6H,7-8H2,1H3. The van der Waals surface area contributed by atoms with Crippen molar-refractivity contribution in [3.63, 3.8) is 0 Å². The van der Waals surface area contributed by atoms with Gasteiger partial charge in [-0.1, -0.05) is 23.7 Å². The zero-order chi connectivity index (χ0) is 12.1. The second kappa shape index (κ2) is 6.00. The van der Waals surface area contributed by atoms with Crippen LogP contribution in [0.15, 0.2) is 30.5 Å². The lowest BCUT2D eigenvalue weighted by atomic mass is 10.2. The maximum Gasteiger partial charge on any atom is 0.183 e. The number of methoxy groups -OCH3 is 1. The van der Waals surface area contributed by atoms with Gasteiger partial charge in [-0.3, -0.25) is 0 Å². The minimum absolute atomic E-state index is 0.538. The van der Waals surface area contributed by atoms with Crippen molar-refractivity contribution in [2.45, 2.75) is 13.2 Å². The van der Waals surface area contributed by atoms with E-state index in [-0.39, 0.29) is 0 Å². The average molecular weight is 270 g/mol. The topological polar surface area (TPSA) is 31.4 Å². The number of halogens is 1. The average Bonchev–Trinajstić information content (AvgIpc) is 2.76. The number of benzene rings is 1. The van der Waals surface area contributed by atoms with Crippen LogP contribution < -0.4 is 4.74 Å². The Kier molecular flexibility index (Phi) is 4.36. The molecular weight excluding hydrogens is 258 g/mol. The summed E-state index contributed by atoms with van der Waals surface area (Å²) in [4.78, 5) is 4.98. The molecule has 0 bridgehead atoms. The van der Waals surface area contributed by atoms with Gasteiger partial charge in [-0.15, -0.1) is 11.3 Å². The predicted molar refractivity (Wildman–Crippen MR) is 68.6 cm³/mol. The van der Waals surface area contributed by atoms with Crippen LogP contribution in [0.5, 0.6) is 5.75 Å². The molecule has 0 radical (unpaired) electrons. The Balaban J connectivity index is 1.81. The molecule has 0 aliphatic heterocycles. The van der Waals surface area contributed by atoms with Gasteiger partial charge < -0.3 is 9.47 Å². The Morgan fingerprint density at radius 3 is 2.59 bits per heavy atom. The number of rotatable bonds is 5. The van der Waals surface area contributed by atoms with Gasteiger partial charge in [0.25, 0.3) is 0 Å². The Morgan fingerprint density at radius 2 is 2.00 bits per heavy atom. The van der Waals surface area contributed by atoms with Gasteiger partial charge >= 0.3 is 0 Å². The first-order valence-corrected chi connectivity index (χ1v) is 6.28. The van der Waals surface area contributed by atoms with E-state index >= 15 is 0 Å². The summed E-state index contributed by atoms with van der Waals surface area (Å²) in [5, 5.41) is 0. The van der Waals surface area contributed by atoms with Crippen molar-refractivity contribution < 1.29 is 9.47 Å². The largest absolute Gasteiger partial charge is 0.497 e. The summed E-state index contributed by atoms with van der Waals surface area (Å²) < 4.78 is 11.2. The van der Waals surface area contributed by atoms with Crippen molar-refractivity contribution in [3.05, 3.63) is 45.4 Å². The highest BCUT2D eigenvalue weighted by Crippen LogP contribution is 2.19. The SMILES string of the molecule is COc1ccc(COCc2cnc(Cl)s2)cc1. The molecule has 0 spiro atoms. The fourth-order valence-electron chi connectivity index (χ4n) is 1.34. The second-order valence-electron chi connectivity index (χ2n) is 3.42. The summed E-state index contributed by atoms with van der Waals surface area (Å²) in [5.74, 6) is 0.850. The van der Waals surface area contributed by atoms with Crippen LogP contribution in [0.2, 0.25) is 4.47 Å². The van der Waals surface area contributed by atoms with Crippen LogP contribution in [0.4, 0.5) is 0 Å². The number of thiazole rings is 1. The summed E-state index contributed by atoms with van der Waals surface area (Å²) in [6.07, 6.45) is 1.74. The third kappa shape index (κ3) is 3.70. The minimum atomic E-state index is 0.538. The van der Waals surface area contributed by atoms with Gasteiger partial charge in [0.1, 0.15) is 5.75 Å². The predicted octanol–water partition coefficient (Wildman–Crippen LogP) is 3.52. The molecule has 2 aromatic rings. The number of hydrogen-bond acceptors (Lipinski definition) is 4. The molecule has 0 unspecified atom stereocenters. The van der Waals surface area contributed by atoms with E-state index in [9.17, 15) is 0 Å². The Morgan fingerprint density at radius 1 is 1.24 bits per heavy atom. The fraction of sp³-hybridized carbons (Fsp3) is 0.250. The highest BCUT2D eigenvalue weighted by molar-refractivity contribution is 7.15. The summed E-state index contributed by atoms with van der Waals surface area (Å²) in [6.45, 7) is 1.11. The smallest absolute Gasteiger partial charge is 0.183 e. The lowest BCUT2D eigenvalue weighted by molar-refractivity contribution is 0.109. The lowest BCUT2D eigenvalue weighted by Gasteiger charge is -2.04. The summed E-state index contributed by atoms with van der Waals surface area (Å²) in [7, 11) is 1.65. The van der Waals surface area contributed by atoms with Crippen LogP contribution in [-0.2, 0) is 18.0 Å². The molecule has 0 aliphatic carbocycles. The first kappa shape index (κ1) is 12.4. The zero-order valence-electron chi connectivity index (χ0n) is 9.35. The molecule has 0 N–H and O–H groups in total. The van der Waals surface area contributed by atoms with E-state index in [0.29, 0.717) is 17.7 Å².